The summed E-state index contributed by atoms with van der Waals surface area (Å²) in [7, 11) is 4.61. The third kappa shape index (κ3) is 13.7. The normalized spacial score (nSPS) is 7.60. The summed E-state index contributed by atoms with van der Waals surface area (Å²) in [5.74, 6) is 0. The molecule has 0 fully saturated rings. The van der Waals surface area contributed by atoms with Crippen molar-refractivity contribution in [1.29, 1.82) is 0 Å². The predicted octanol–water partition coefficient (Wildman–Crippen LogP) is 4.72. The fourth-order valence-corrected chi connectivity index (χ4v) is 0.703. The fourth-order valence-electron chi connectivity index (χ4n) is 0.703. The first kappa shape index (κ1) is 17.1. The Morgan fingerprint density at radius 3 is 1.87 bits per heavy atom. The Morgan fingerprint density at radius 1 is 1.27 bits per heavy atom. The first-order chi connectivity index (χ1) is 7.06. The van der Waals surface area contributed by atoms with Crippen molar-refractivity contribution in [3.05, 3.63) is 61.0 Å². The SMILES string of the molecule is C=Cc1ccc(C)cc1.[CH2]C(=C)C.[Cl][Pt]. The molecule has 0 amide bonds. The molecule has 0 aromatic heterocycles. The number of aryl methyl sites for hydroxylation is 1. The van der Waals surface area contributed by atoms with E-state index in [-0.39, 0.29) is 0 Å². The summed E-state index contributed by atoms with van der Waals surface area (Å²) in [6, 6.07) is 8.28. The molecule has 0 N–H and O–H groups in total. The second-order valence-electron chi connectivity index (χ2n) is 3.07. The molecule has 0 saturated heterocycles. The molecule has 0 aliphatic rings. The van der Waals surface area contributed by atoms with Crippen molar-refractivity contribution < 1.29 is 18.8 Å². The van der Waals surface area contributed by atoms with E-state index < -0.39 is 0 Å². The van der Waals surface area contributed by atoms with E-state index in [9.17, 15) is 0 Å². The molecule has 0 aliphatic carbocycles. The van der Waals surface area contributed by atoms with Crippen molar-refractivity contribution in [2.45, 2.75) is 13.8 Å². The van der Waals surface area contributed by atoms with Crippen LogP contribution in [-0.4, -0.2) is 0 Å². The van der Waals surface area contributed by atoms with Gasteiger partial charge in [0.2, 0.25) is 0 Å². The third-order valence-electron chi connectivity index (χ3n) is 1.31. The van der Waals surface area contributed by atoms with Crippen molar-refractivity contribution >= 4 is 15.5 Å². The van der Waals surface area contributed by atoms with Gasteiger partial charge < -0.3 is 0 Å². The molecule has 0 spiro atoms. The Bertz CT molecular complexity index is 271. The topological polar surface area (TPSA) is 0 Å². The Morgan fingerprint density at radius 2 is 1.60 bits per heavy atom. The summed E-state index contributed by atoms with van der Waals surface area (Å²) in [4.78, 5) is 0. The first-order valence-corrected chi connectivity index (χ1v) is 7.16. The molecule has 1 radical (unpaired) electrons. The van der Waals surface area contributed by atoms with E-state index in [0.29, 0.717) is 0 Å². The van der Waals surface area contributed by atoms with E-state index in [0.717, 1.165) is 5.57 Å². The van der Waals surface area contributed by atoms with Crippen molar-refractivity contribution in [2.24, 2.45) is 0 Å². The molecule has 0 nitrogen and oxygen atoms in total. The Hall–Kier alpha value is -0.322. The van der Waals surface area contributed by atoms with Gasteiger partial charge in [-0.3, -0.25) is 0 Å². The first-order valence-electron chi connectivity index (χ1n) is 4.34. The maximum absolute atomic E-state index is 4.61. The maximum atomic E-state index is 4.61. The van der Waals surface area contributed by atoms with E-state index in [1.54, 1.807) is 18.8 Å². The van der Waals surface area contributed by atoms with Crippen LogP contribution >= 0.6 is 9.42 Å². The third-order valence-corrected chi connectivity index (χ3v) is 1.31. The molecule has 0 bridgehead atoms. The zero-order valence-corrected chi connectivity index (χ0v) is 12.2. The van der Waals surface area contributed by atoms with Crippen molar-refractivity contribution in [3.63, 3.8) is 0 Å². The molecule has 2 heteroatoms. The minimum atomic E-state index is 0.917. The van der Waals surface area contributed by atoms with Crippen LogP contribution in [0, 0.1) is 13.8 Å². The van der Waals surface area contributed by atoms with Gasteiger partial charge in [-0.2, -0.15) is 0 Å². The molecule has 15 heavy (non-hydrogen) atoms. The molecule has 1 aromatic carbocycles. The number of allylic oxidation sites excluding steroid dienone is 1. The van der Waals surface area contributed by atoms with Crippen LogP contribution in [0.15, 0.2) is 43.0 Å². The van der Waals surface area contributed by atoms with E-state index in [4.69, 9.17) is 0 Å². The molecule has 1 aromatic rings. The number of benzene rings is 1. The second kappa shape index (κ2) is 11.8. The van der Waals surface area contributed by atoms with Gasteiger partial charge in [-0.15, -0.1) is 6.58 Å². The Labute approximate surface area is 109 Å². The van der Waals surface area contributed by atoms with Gasteiger partial charge >= 0.3 is 28.2 Å². The summed E-state index contributed by atoms with van der Waals surface area (Å²) in [5, 5.41) is 0. The minimum absolute atomic E-state index is 0.917. The average molecular weight is 404 g/mol. The van der Waals surface area contributed by atoms with Gasteiger partial charge in [-0.1, -0.05) is 48.1 Å². The zero-order valence-electron chi connectivity index (χ0n) is 9.20. The molecular formula is C13H17ClPt. The van der Waals surface area contributed by atoms with E-state index in [1.165, 1.54) is 11.1 Å². The molecule has 0 atom stereocenters. The van der Waals surface area contributed by atoms with E-state index in [1.807, 2.05) is 13.0 Å². The van der Waals surface area contributed by atoms with Crippen molar-refractivity contribution in [3.8, 4) is 0 Å². The summed E-state index contributed by atoms with van der Waals surface area (Å²) >= 11 is 1.61. The van der Waals surface area contributed by atoms with Crippen LogP contribution in [0.3, 0.4) is 0 Å². The van der Waals surface area contributed by atoms with Crippen LogP contribution in [0.1, 0.15) is 18.1 Å². The summed E-state index contributed by atoms with van der Waals surface area (Å²) in [6.45, 7) is 14.5. The Kier molecular flexibility index (Phi) is 13.4. The van der Waals surface area contributed by atoms with Crippen LogP contribution < -0.4 is 0 Å². The molecule has 0 unspecified atom stereocenters. The van der Waals surface area contributed by atoms with E-state index >= 15 is 0 Å². The monoisotopic (exact) mass is 403 g/mol. The molecule has 0 aliphatic heterocycles. The van der Waals surface area contributed by atoms with Gasteiger partial charge in [0.05, 0.1) is 0 Å². The Balaban J connectivity index is 0. The van der Waals surface area contributed by atoms with Gasteiger partial charge in [0, 0.05) is 0 Å². The van der Waals surface area contributed by atoms with Crippen LogP contribution in [0.5, 0.6) is 0 Å². The van der Waals surface area contributed by atoms with Gasteiger partial charge in [-0.25, -0.2) is 0 Å². The van der Waals surface area contributed by atoms with Crippen molar-refractivity contribution in [1.82, 2.24) is 0 Å². The number of hydrogen-bond donors (Lipinski definition) is 0. The zero-order chi connectivity index (χ0) is 12.3. The fraction of sp³-hybridized carbons (Fsp3) is 0.154. The van der Waals surface area contributed by atoms with Gasteiger partial charge in [0.15, 0.2) is 0 Å². The number of halogens is 1. The van der Waals surface area contributed by atoms with Gasteiger partial charge in [-0.05, 0) is 26.3 Å². The van der Waals surface area contributed by atoms with Crippen LogP contribution in [-0.2, 0) is 18.8 Å². The number of hydrogen-bond acceptors (Lipinski definition) is 0. The standard InChI is InChI=1S/C9H10.C4H7.ClH.Pt/c1-3-9-6-4-8(2)5-7-9;1-4(2)3;;/h3-7H,1H2,2H3;1-2H2,3H3;1H;/q;;;+1/p-1. The number of rotatable bonds is 1. The average Bonchev–Trinajstić information content (AvgIpc) is 2.21. The molecule has 86 valence electrons. The molecule has 0 heterocycles. The summed E-state index contributed by atoms with van der Waals surface area (Å²) < 4.78 is 0. The van der Waals surface area contributed by atoms with Crippen LogP contribution in [0.4, 0.5) is 0 Å². The van der Waals surface area contributed by atoms with Crippen LogP contribution in [0.2, 0.25) is 0 Å². The molecular weight excluding hydrogens is 387 g/mol. The second-order valence-corrected chi connectivity index (χ2v) is 3.07. The van der Waals surface area contributed by atoms with Crippen LogP contribution in [0.25, 0.3) is 6.08 Å². The molecule has 1 rings (SSSR count). The summed E-state index contributed by atoms with van der Waals surface area (Å²) in [5.41, 5.74) is 3.39. The van der Waals surface area contributed by atoms with Gasteiger partial charge in [0.25, 0.3) is 0 Å². The van der Waals surface area contributed by atoms with E-state index in [2.05, 4.69) is 60.7 Å². The van der Waals surface area contributed by atoms with Gasteiger partial charge in [0.1, 0.15) is 0 Å². The van der Waals surface area contributed by atoms with Crippen molar-refractivity contribution in [2.75, 3.05) is 0 Å². The molecule has 0 saturated carbocycles. The predicted molar refractivity (Wildman–Crippen MR) is 67.3 cm³/mol. The quantitative estimate of drug-likeness (QED) is 0.636. The summed E-state index contributed by atoms with van der Waals surface area (Å²) in [6.07, 6.45) is 1.85.